The lowest BCUT2D eigenvalue weighted by Gasteiger charge is -2.12. The molecule has 7 heteroatoms. The van der Waals surface area contributed by atoms with Crippen molar-refractivity contribution < 1.29 is 0 Å². The topological polar surface area (TPSA) is 67.1 Å². The lowest BCUT2D eigenvalue weighted by atomic mass is 10.2. The van der Waals surface area contributed by atoms with Crippen LogP contribution in [-0.2, 0) is 19.5 Å². The Bertz CT molecular complexity index is 666. The van der Waals surface area contributed by atoms with E-state index in [4.69, 9.17) is 0 Å². The summed E-state index contributed by atoms with van der Waals surface area (Å²) < 4.78 is 2.18. The third kappa shape index (κ3) is 6.16. The van der Waals surface area contributed by atoms with E-state index in [1.165, 1.54) is 9.88 Å². The molecule has 2 aromatic rings. The molecule has 6 nitrogen and oxygen atoms in total. The summed E-state index contributed by atoms with van der Waals surface area (Å²) in [6, 6.07) is 0. The lowest BCUT2D eigenvalue weighted by Crippen LogP contribution is -2.38. The highest BCUT2D eigenvalue weighted by atomic mass is 32.1. The minimum atomic E-state index is 0.574. The standard InChI is InChI=1S/C18H30N6S/c1-6-19-18(21-8-7-17-23-14(4)15(5)25-17)22-11-16-20-9-10-24(16)12-13(2)3/h9-10,13H,6-8,11-12H2,1-5H3,(H2,19,21,22). The van der Waals surface area contributed by atoms with Crippen molar-refractivity contribution in [1.29, 1.82) is 0 Å². The minimum absolute atomic E-state index is 0.574. The largest absolute Gasteiger partial charge is 0.357 e. The molecule has 25 heavy (non-hydrogen) atoms. The Morgan fingerprint density at radius 1 is 1.32 bits per heavy atom. The van der Waals surface area contributed by atoms with Gasteiger partial charge in [0.05, 0.1) is 10.7 Å². The number of nitrogens with one attached hydrogen (secondary N) is 2. The van der Waals surface area contributed by atoms with Crippen molar-refractivity contribution in [2.75, 3.05) is 13.1 Å². The van der Waals surface area contributed by atoms with E-state index >= 15 is 0 Å². The van der Waals surface area contributed by atoms with Gasteiger partial charge < -0.3 is 15.2 Å². The van der Waals surface area contributed by atoms with Crippen LogP contribution in [0.25, 0.3) is 0 Å². The summed E-state index contributed by atoms with van der Waals surface area (Å²) in [4.78, 5) is 15.0. The first-order valence-electron chi connectivity index (χ1n) is 8.94. The SMILES string of the molecule is CCNC(=NCc1nccn1CC(C)C)NCCc1nc(C)c(C)s1. The van der Waals surface area contributed by atoms with Crippen LogP contribution in [0.3, 0.4) is 0 Å². The van der Waals surface area contributed by atoms with Crippen LogP contribution in [0.15, 0.2) is 17.4 Å². The van der Waals surface area contributed by atoms with Crippen LogP contribution < -0.4 is 10.6 Å². The third-order valence-electron chi connectivity index (χ3n) is 3.79. The van der Waals surface area contributed by atoms with Gasteiger partial charge in [-0.05, 0) is 26.7 Å². The number of aliphatic imine (C=N–C) groups is 1. The van der Waals surface area contributed by atoms with E-state index in [2.05, 4.69) is 64.8 Å². The predicted octanol–water partition coefficient (Wildman–Crippen LogP) is 2.91. The number of hydrogen-bond acceptors (Lipinski definition) is 4. The fourth-order valence-corrected chi connectivity index (χ4v) is 3.41. The van der Waals surface area contributed by atoms with E-state index in [0.717, 1.165) is 43.5 Å². The van der Waals surface area contributed by atoms with Crippen LogP contribution in [0.4, 0.5) is 0 Å². The van der Waals surface area contributed by atoms with Gasteiger partial charge in [-0.25, -0.2) is 15.0 Å². The Kier molecular flexibility index (Phi) is 7.43. The molecule has 0 fully saturated rings. The predicted molar refractivity (Wildman–Crippen MR) is 105 cm³/mol. The highest BCUT2D eigenvalue weighted by Crippen LogP contribution is 2.16. The molecule has 2 rings (SSSR count). The highest BCUT2D eigenvalue weighted by molar-refractivity contribution is 7.11. The van der Waals surface area contributed by atoms with E-state index in [-0.39, 0.29) is 0 Å². The van der Waals surface area contributed by atoms with Crippen LogP contribution in [0.1, 0.15) is 42.2 Å². The molecule has 2 N–H and O–H groups in total. The molecule has 0 atom stereocenters. The molecule has 0 saturated carbocycles. The lowest BCUT2D eigenvalue weighted by molar-refractivity contribution is 0.507. The fraction of sp³-hybridized carbons (Fsp3) is 0.611. The molecule has 2 aromatic heterocycles. The molecule has 0 unspecified atom stereocenters. The molecule has 2 heterocycles. The number of aryl methyl sites for hydroxylation is 2. The Hall–Kier alpha value is -1.89. The first-order valence-corrected chi connectivity index (χ1v) is 9.76. The van der Waals surface area contributed by atoms with Crippen LogP contribution in [0.5, 0.6) is 0 Å². The summed E-state index contributed by atoms with van der Waals surface area (Å²) in [6.07, 6.45) is 4.78. The maximum absolute atomic E-state index is 4.67. The van der Waals surface area contributed by atoms with Crippen LogP contribution in [0, 0.1) is 19.8 Å². The first kappa shape index (κ1) is 19.4. The van der Waals surface area contributed by atoms with Gasteiger partial charge in [0.15, 0.2) is 5.96 Å². The van der Waals surface area contributed by atoms with E-state index in [9.17, 15) is 0 Å². The zero-order valence-electron chi connectivity index (χ0n) is 16.0. The fourth-order valence-electron chi connectivity index (χ4n) is 2.48. The molecule has 0 bridgehead atoms. The molecule has 0 saturated heterocycles. The molecule has 138 valence electrons. The number of thiazole rings is 1. The number of nitrogens with zero attached hydrogens (tertiary/aromatic N) is 4. The van der Waals surface area contributed by atoms with Crippen molar-refractivity contribution >= 4 is 17.3 Å². The Morgan fingerprint density at radius 3 is 2.76 bits per heavy atom. The van der Waals surface area contributed by atoms with E-state index in [1.54, 1.807) is 11.3 Å². The van der Waals surface area contributed by atoms with Gasteiger partial charge >= 0.3 is 0 Å². The van der Waals surface area contributed by atoms with Gasteiger partial charge in [-0.1, -0.05) is 13.8 Å². The smallest absolute Gasteiger partial charge is 0.191 e. The van der Waals surface area contributed by atoms with Crippen molar-refractivity contribution in [3.63, 3.8) is 0 Å². The van der Waals surface area contributed by atoms with Crippen molar-refractivity contribution in [3.8, 4) is 0 Å². The summed E-state index contributed by atoms with van der Waals surface area (Å²) in [7, 11) is 0. The number of aromatic nitrogens is 3. The molecule has 0 amide bonds. The Morgan fingerprint density at radius 2 is 2.12 bits per heavy atom. The zero-order valence-corrected chi connectivity index (χ0v) is 16.8. The average Bonchev–Trinajstić information content (AvgIpc) is 3.11. The van der Waals surface area contributed by atoms with Crippen molar-refractivity contribution in [2.45, 2.75) is 54.1 Å². The van der Waals surface area contributed by atoms with Gasteiger partial charge in [0.25, 0.3) is 0 Å². The van der Waals surface area contributed by atoms with Gasteiger partial charge in [0, 0.05) is 43.3 Å². The normalized spacial score (nSPS) is 12.0. The van der Waals surface area contributed by atoms with Gasteiger partial charge in [-0.3, -0.25) is 0 Å². The summed E-state index contributed by atoms with van der Waals surface area (Å²) >= 11 is 1.77. The van der Waals surface area contributed by atoms with E-state index in [0.29, 0.717) is 12.5 Å². The molecular formula is C18H30N6S. The quantitative estimate of drug-likeness (QED) is 0.560. The van der Waals surface area contributed by atoms with Gasteiger partial charge in [-0.15, -0.1) is 11.3 Å². The summed E-state index contributed by atoms with van der Waals surface area (Å²) in [6.45, 7) is 13.9. The Balaban J connectivity index is 1.90. The molecular weight excluding hydrogens is 332 g/mol. The van der Waals surface area contributed by atoms with Crippen LogP contribution >= 0.6 is 11.3 Å². The van der Waals surface area contributed by atoms with Crippen LogP contribution in [-0.4, -0.2) is 33.6 Å². The van der Waals surface area contributed by atoms with Crippen LogP contribution in [0.2, 0.25) is 0 Å². The monoisotopic (exact) mass is 362 g/mol. The summed E-state index contributed by atoms with van der Waals surface area (Å²) in [5.41, 5.74) is 1.14. The molecule has 0 radical (unpaired) electrons. The zero-order chi connectivity index (χ0) is 18.2. The number of guanidine groups is 1. The molecule has 0 aliphatic carbocycles. The minimum Gasteiger partial charge on any atom is -0.357 e. The molecule has 0 aliphatic rings. The van der Waals surface area contributed by atoms with Gasteiger partial charge in [-0.2, -0.15) is 0 Å². The second-order valence-electron chi connectivity index (χ2n) is 6.51. The number of rotatable bonds is 8. The summed E-state index contributed by atoms with van der Waals surface area (Å²) in [5, 5.41) is 7.85. The number of hydrogen-bond donors (Lipinski definition) is 2. The van der Waals surface area contributed by atoms with Gasteiger partial charge in [0.1, 0.15) is 12.4 Å². The van der Waals surface area contributed by atoms with E-state index in [1.807, 2.05) is 12.4 Å². The van der Waals surface area contributed by atoms with Crippen molar-refractivity contribution in [2.24, 2.45) is 10.9 Å². The third-order valence-corrected chi connectivity index (χ3v) is 4.92. The Labute approximate surface area is 154 Å². The van der Waals surface area contributed by atoms with Gasteiger partial charge in [0.2, 0.25) is 0 Å². The maximum atomic E-state index is 4.67. The molecule has 0 aliphatic heterocycles. The van der Waals surface area contributed by atoms with E-state index < -0.39 is 0 Å². The number of imidazole rings is 1. The van der Waals surface area contributed by atoms with Crippen molar-refractivity contribution in [3.05, 3.63) is 33.8 Å². The summed E-state index contributed by atoms with van der Waals surface area (Å²) in [5.74, 6) is 2.41. The van der Waals surface area contributed by atoms with Crippen molar-refractivity contribution in [1.82, 2.24) is 25.2 Å². The average molecular weight is 363 g/mol. The molecule has 0 spiro atoms. The maximum Gasteiger partial charge on any atom is 0.191 e. The second kappa shape index (κ2) is 9.56. The second-order valence-corrected chi connectivity index (χ2v) is 7.80. The molecule has 0 aromatic carbocycles. The highest BCUT2D eigenvalue weighted by Gasteiger charge is 2.06. The first-order chi connectivity index (χ1) is 12.0.